The van der Waals surface area contributed by atoms with Crippen LogP contribution in [0.25, 0.3) is 0 Å². The number of carbonyl (C=O) groups is 1. The molecular formula is C11H21NO. The maximum absolute atomic E-state index is 11.3. The summed E-state index contributed by atoms with van der Waals surface area (Å²) in [5.74, 6) is 0.304. The standard InChI is InChI=1S/C11H21NO/c1-10(13)11(2,3)9-12-7-5-4-6-8-12/h4-9H2,1-3H3. The number of carbonyl (C=O) groups excluding carboxylic acids is 1. The summed E-state index contributed by atoms with van der Waals surface area (Å²) in [6, 6.07) is 0. The highest BCUT2D eigenvalue weighted by Gasteiger charge is 2.26. The van der Waals surface area contributed by atoms with E-state index < -0.39 is 0 Å². The molecule has 2 nitrogen and oxygen atoms in total. The molecule has 0 radical (unpaired) electrons. The van der Waals surface area contributed by atoms with Gasteiger partial charge in [0.2, 0.25) is 0 Å². The van der Waals surface area contributed by atoms with Crippen LogP contribution >= 0.6 is 0 Å². The van der Waals surface area contributed by atoms with Gasteiger partial charge in [-0.1, -0.05) is 20.3 Å². The Balaban J connectivity index is 2.41. The van der Waals surface area contributed by atoms with Gasteiger partial charge in [-0.2, -0.15) is 0 Å². The van der Waals surface area contributed by atoms with Gasteiger partial charge in [0.05, 0.1) is 0 Å². The summed E-state index contributed by atoms with van der Waals surface area (Å²) in [6.07, 6.45) is 3.96. The molecule has 0 aliphatic carbocycles. The van der Waals surface area contributed by atoms with Crippen LogP contribution in [0.4, 0.5) is 0 Å². The van der Waals surface area contributed by atoms with Crippen molar-refractivity contribution < 1.29 is 4.79 Å². The molecule has 0 N–H and O–H groups in total. The van der Waals surface area contributed by atoms with E-state index in [4.69, 9.17) is 0 Å². The molecule has 0 unspecified atom stereocenters. The zero-order valence-corrected chi connectivity index (χ0v) is 9.10. The van der Waals surface area contributed by atoms with Crippen LogP contribution in [0.5, 0.6) is 0 Å². The number of piperidine rings is 1. The predicted octanol–water partition coefficient (Wildman–Crippen LogP) is 2.09. The lowest BCUT2D eigenvalue weighted by atomic mass is 9.88. The van der Waals surface area contributed by atoms with E-state index in [0.29, 0.717) is 5.78 Å². The van der Waals surface area contributed by atoms with Crippen molar-refractivity contribution in [3.8, 4) is 0 Å². The fourth-order valence-corrected chi connectivity index (χ4v) is 1.79. The molecule has 1 aliphatic rings. The minimum atomic E-state index is -0.155. The highest BCUT2D eigenvalue weighted by molar-refractivity contribution is 5.81. The summed E-state index contributed by atoms with van der Waals surface area (Å²) in [5, 5.41) is 0. The van der Waals surface area contributed by atoms with Gasteiger partial charge < -0.3 is 4.90 Å². The van der Waals surface area contributed by atoms with Gasteiger partial charge in [0.25, 0.3) is 0 Å². The number of likely N-dealkylation sites (tertiary alicyclic amines) is 1. The van der Waals surface area contributed by atoms with Crippen molar-refractivity contribution in [2.45, 2.75) is 40.0 Å². The smallest absolute Gasteiger partial charge is 0.136 e. The quantitative estimate of drug-likeness (QED) is 0.667. The van der Waals surface area contributed by atoms with Crippen molar-refractivity contribution in [2.24, 2.45) is 5.41 Å². The summed E-state index contributed by atoms with van der Waals surface area (Å²) in [4.78, 5) is 13.7. The lowest BCUT2D eigenvalue weighted by Crippen LogP contribution is -2.40. The topological polar surface area (TPSA) is 20.3 Å². The van der Waals surface area contributed by atoms with Crippen molar-refractivity contribution in [1.29, 1.82) is 0 Å². The lowest BCUT2D eigenvalue weighted by Gasteiger charge is -2.33. The molecule has 0 spiro atoms. The van der Waals surface area contributed by atoms with Gasteiger partial charge in [0.15, 0.2) is 0 Å². The third-order valence-electron chi connectivity index (χ3n) is 3.02. The average molecular weight is 183 g/mol. The summed E-state index contributed by atoms with van der Waals surface area (Å²) < 4.78 is 0. The molecule has 0 saturated carbocycles. The molecular weight excluding hydrogens is 162 g/mol. The Kier molecular flexibility index (Phi) is 3.48. The van der Waals surface area contributed by atoms with Gasteiger partial charge in [0.1, 0.15) is 5.78 Å². The molecule has 1 aliphatic heterocycles. The Morgan fingerprint density at radius 3 is 2.23 bits per heavy atom. The maximum atomic E-state index is 11.3. The molecule has 1 rings (SSSR count). The Bertz CT molecular complexity index is 181. The molecule has 2 heteroatoms. The maximum Gasteiger partial charge on any atom is 0.136 e. The second kappa shape index (κ2) is 4.23. The number of rotatable bonds is 3. The number of ketones is 1. The van der Waals surface area contributed by atoms with Crippen molar-refractivity contribution in [3.63, 3.8) is 0 Å². The zero-order valence-electron chi connectivity index (χ0n) is 9.10. The fraction of sp³-hybridized carbons (Fsp3) is 0.909. The van der Waals surface area contributed by atoms with E-state index in [0.717, 1.165) is 6.54 Å². The van der Waals surface area contributed by atoms with E-state index in [1.54, 1.807) is 6.92 Å². The molecule has 1 saturated heterocycles. The summed E-state index contributed by atoms with van der Waals surface area (Å²) in [5.41, 5.74) is -0.155. The molecule has 1 heterocycles. The first-order valence-corrected chi connectivity index (χ1v) is 5.26. The average Bonchev–Trinajstić information content (AvgIpc) is 2.05. The summed E-state index contributed by atoms with van der Waals surface area (Å²) in [6.45, 7) is 9.08. The van der Waals surface area contributed by atoms with E-state index in [2.05, 4.69) is 4.90 Å². The van der Waals surface area contributed by atoms with Crippen LogP contribution in [0.3, 0.4) is 0 Å². The van der Waals surface area contributed by atoms with Crippen molar-refractivity contribution in [2.75, 3.05) is 19.6 Å². The largest absolute Gasteiger partial charge is 0.302 e. The Morgan fingerprint density at radius 2 is 1.77 bits per heavy atom. The number of hydrogen-bond acceptors (Lipinski definition) is 2. The molecule has 0 aromatic heterocycles. The van der Waals surface area contributed by atoms with Crippen LogP contribution in [-0.2, 0) is 4.79 Å². The number of Topliss-reactive ketones (excluding diaryl/α,β-unsaturated/α-hetero) is 1. The minimum absolute atomic E-state index is 0.155. The molecule has 0 amide bonds. The Labute approximate surface area is 81.3 Å². The molecule has 13 heavy (non-hydrogen) atoms. The third-order valence-corrected chi connectivity index (χ3v) is 3.02. The molecule has 0 atom stereocenters. The van der Waals surface area contributed by atoms with E-state index in [9.17, 15) is 4.79 Å². The predicted molar refractivity (Wildman–Crippen MR) is 54.8 cm³/mol. The molecule has 76 valence electrons. The summed E-state index contributed by atoms with van der Waals surface area (Å²) in [7, 11) is 0. The fourth-order valence-electron chi connectivity index (χ4n) is 1.79. The van der Waals surface area contributed by atoms with Crippen molar-refractivity contribution in [1.82, 2.24) is 4.90 Å². The van der Waals surface area contributed by atoms with Crippen LogP contribution in [0.15, 0.2) is 0 Å². The number of nitrogens with zero attached hydrogens (tertiary/aromatic N) is 1. The van der Waals surface area contributed by atoms with Gasteiger partial charge in [-0.25, -0.2) is 0 Å². The van der Waals surface area contributed by atoms with Crippen LogP contribution < -0.4 is 0 Å². The normalized spacial score (nSPS) is 20.2. The van der Waals surface area contributed by atoms with Gasteiger partial charge in [-0.15, -0.1) is 0 Å². The van der Waals surface area contributed by atoms with Gasteiger partial charge >= 0.3 is 0 Å². The van der Waals surface area contributed by atoms with Crippen LogP contribution in [0.2, 0.25) is 0 Å². The lowest BCUT2D eigenvalue weighted by molar-refractivity contribution is -0.125. The first-order valence-electron chi connectivity index (χ1n) is 5.26. The monoisotopic (exact) mass is 183 g/mol. The highest BCUT2D eigenvalue weighted by atomic mass is 16.1. The van der Waals surface area contributed by atoms with Gasteiger partial charge in [0, 0.05) is 12.0 Å². The van der Waals surface area contributed by atoms with Crippen molar-refractivity contribution >= 4 is 5.78 Å². The van der Waals surface area contributed by atoms with Gasteiger partial charge in [-0.05, 0) is 32.9 Å². The van der Waals surface area contributed by atoms with Crippen LogP contribution in [-0.4, -0.2) is 30.3 Å². The number of hydrogen-bond donors (Lipinski definition) is 0. The van der Waals surface area contributed by atoms with Crippen LogP contribution in [0.1, 0.15) is 40.0 Å². The molecule has 0 aromatic carbocycles. The SMILES string of the molecule is CC(=O)C(C)(C)CN1CCCCC1. The van der Waals surface area contributed by atoms with E-state index in [-0.39, 0.29) is 5.41 Å². The van der Waals surface area contributed by atoms with Gasteiger partial charge in [-0.3, -0.25) is 4.79 Å². The highest BCUT2D eigenvalue weighted by Crippen LogP contribution is 2.20. The molecule has 0 bridgehead atoms. The van der Waals surface area contributed by atoms with E-state index in [1.165, 1.54) is 32.4 Å². The Morgan fingerprint density at radius 1 is 1.23 bits per heavy atom. The second-order valence-corrected chi connectivity index (χ2v) is 4.78. The van der Waals surface area contributed by atoms with E-state index in [1.807, 2.05) is 13.8 Å². The Hall–Kier alpha value is -0.370. The molecule has 1 fully saturated rings. The van der Waals surface area contributed by atoms with Crippen molar-refractivity contribution in [3.05, 3.63) is 0 Å². The van der Waals surface area contributed by atoms with Crippen LogP contribution in [0, 0.1) is 5.41 Å². The third kappa shape index (κ3) is 3.11. The van der Waals surface area contributed by atoms with E-state index >= 15 is 0 Å². The minimum Gasteiger partial charge on any atom is -0.302 e. The molecule has 0 aromatic rings. The second-order valence-electron chi connectivity index (χ2n) is 4.78. The zero-order chi connectivity index (χ0) is 9.90. The first-order chi connectivity index (χ1) is 6.02. The summed E-state index contributed by atoms with van der Waals surface area (Å²) >= 11 is 0. The first kappa shape index (κ1) is 10.7.